The van der Waals surface area contributed by atoms with Gasteiger partial charge in [0.2, 0.25) is 0 Å². The molecule has 0 amide bonds. The fourth-order valence-electron chi connectivity index (χ4n) is 2.03. The molecule has 0 unspecified atom stereocenters. The van der Waals surface area contributed by atoms with Crippen LogP contribution in [-0.2, 0) is 16.6 Å². The van der Waals surface area contributed by atoms with Crippen LogP contribution in [0.1, 0.15) is 24.2 Å². The minimum Gasteiger partial charge on any atom is -0.308 e. The van der Waals surface area contributed by atoms with Crippen molar-refractivity contribution in [3.8, 4) is 0 Å². The van der Waals surface area contributed by atoms with E-state index in [1.807, 2.05) is 0 Å². The van der Waals surface area contributed by atoms with Gasteiger partial charge in [-0.3, -0.25) is 9.82 Å². The van der Waals surface area contributed by atoms with Crippen molar-refractivity contribution in [1.82, 2.24) is 25.5 Å². The average Bonchev–Trinajstić information content (AvgIpc) is 3.19. The lowest BCUT2D eigenvalue weighted by molar-refractivity contribution is 0.596. The Bertz CT molecular complexity index is 723. The Balaban J connectivity index is 1.85. The Morgan fingerprint density at radius 3 is 2.71 bits per heavy atom. The zero-order chi connectivity index (χ0) is 14.9. The van der Waals surface area contributed by atoms with Gasteiger partial charge in [0.05, 0.1) is 29.5 Å². The standard InChI is InChI=1S/C12H16N6O2S/c1-8-12(11(17-16-8)6-15-9-2-3-9)21(19,20)18-10-4-13-7-14-5-10/h4-5,7,9,15,18H,2-3,6H2,1H3,(H,16,17). The first kappa shape index (κ1) is 14.0. The number of rotatable bonds is 6. The first-order chi connectivity index (χ1) is 10.1. The molecule has 0 atom stereocenters. The van der Waals surface area contributed by atoms with Crippen LogP contribution < -0.4 is 10.0 Å². The summed E-state index contributed by atoms with van der Waals surface area (Å²) in [5.74, 6) is 0. The Labute approximate surface area is 122 Å². The predicted octanol–water partition coefficient (Wildman–Crippen LogP) is 0.561. The van der Waals surface area contributed by atoms with Gasteiger partial charge in [0.15, 0.2) is 0 Å². The lowest BCUT2D eigenvalue weighted by Gasteiger charge is -2.08. The zero-order valence-electron chi connectivity index (χ0n) is 11.5. The van der Waals surface area contributed by atoms with Crippen molar-refractivity contribution >= 4 is 15.7 Å². The molecule has 21 heavy (non-hydrogen) atoms. The van der Waals surface area contributed by atoms with Gasteiger partial charge in [0.25, 0.3) is 10.0 Å². The average molecular weight is 308 g/mol. The van der Waals surface area contributed by atoms with Crippen LogP contribution in [0.15, 0.2) is 23.6 Å². The molecule has 2 heterocycles. The minimum atomic E-state index is -3.72. The fraction of sp³-hybridized carbons (Fsp3) is 0.417. The van der Waals surface area contributed by atoms with Gasteiger partial charge in [-0.2, -0.15) is 5.10 Å². The van der Waals surface area contributed by atoms with E-state index in [2.05, 4.69) is 30.2 Å². The summed E-state index contributed by atoms with van der Waals surface area (Å²) in [6, 6.07) is 0.480. The maximum absolute atomic E-state index is 12.5. The van der Waals surface area contributed by atoms with E-state index < -0.39 is 10.0 Å². The summed E-state index contributed by atoms with van der Waals surface area (Å²) in [5.41, 5.74) is 1.31. The SMILES string of the molecule is Cc1[nH]nc(CNC2CC2)c1S(=O)(=O)Nc1cncnc1. The molecule has 0 spiro atoms. The second kappa shape index (κ2) is 5.41. The lowest BCUT2D eigenvalue weighted by Crippen LogP contribution is -2.20. The summed E-state index contributed by atoms with van der Waals surface area (Å²) in [6.07, 6.45) is 6.41. The highest BCUT2D eigenvalue weighted by Gasteiger charge is 2.26. The molecular weight excluding hydrogens is 292 g/mol. The van der Waals surface area contributed by atoms with E-state index in [-0.39, 0.29) is 4.90 Å². The number of aromatic amines is 1. The van der Waals surface area contributed by atoms with E-state index >= 15 is 0 Å². The molecule has 1 fully saturated rings. The Hall–Kier alpha value is -2.00. The first-order valence-electron chi connectivity index (χ1n) is 6.61. The molecular formula is C12H16N6O2S. The second-order valence-electron chi connectivity index (χ2n) is 5.01. The number of nitrogens with zero attached hydrogens (tertiary/aromatic N) is 3. The predicted molar refractivity (Wildman–Crippen MR) is 76.0 cm³/mol. The zero-order valence-corrected chi connectivity index (χ0v) is 12.3. The summed E-state index contributed by atoms with van der Waals surface area (Å²) in [7, 11) is -3.72. The van der Waals surface area contributed by atoms with Crippen LogP contribution in [0, 0.1) is 6.92 Å². The Morgan fingerprint density at radius 1 is 1.33 bits per heavy atom. The Kier molecular flexibility index (Phi) is 3.60. The van der Waals surface area contributed by atoms with Crippen molar-refractivity contribution in [3.63, 3.8) is 0 Å². The largest absolute Gasteiger partial charge is 0.308 e. The minimum absolute atomic E-state index is 0.180. The summed E-state index contributed by atoms with van der Waals surface area (Å²) in [5, 5.41) is 10.1. The van der Waals surface area contributed by atoms with E-state index in [0.717, 1.165) is 12.8 Å². The van der Waals surface area contributed by atoms with E-state index in [9.17, 15) is 8.42 Å². The highest BCUT2D eigenvalue weighted by Crippen LogP contribution is 2.23. The van der Waals surface area contributed by atoms with Crippen LogP contribution in [0.2, 0.25) is 0 Å². The van der Waals surface area contributed by atoms with Crippen LogP contribution in [0.25, 0.3) is 0 Å². The molecule has 3 N–H and O–H groups in total. The smallest absolute Gasteiger partial charge is 0.265 e. The molecule has 0 aliphatic heterocycles. The molecule has 0 aromatic carbocycles. The summed E-state index contributed by atoms with van der Waals surface area (Å²) in [4.78, 5) is 7.76. The van der Waals surface area contributed by atoms with Crippen molar-refractivity contribution in [2.24, 2.45) is 0 Å². The maximum Gasteiger partial charge on any atom is 0.265 e. The molecule has 1 aliphatic carbocycles. The molecule has 0 saturated heterocycles. The second-order valence-corrected chi connectivity index (χ2v) is 6.63. The van der Waals surface area contributed by atoms with Gasteiger partial charge in [-0.1, -0.05) is 0 Å². The molecule has 1 saturated carbocycles. The van der Waals surface area contributed by atoms with Gasteiger partial charge in [-0.25, -0.2) is 18.4 Å². The third-order valence-corrected chi connectivity index (χ3v) is 4.76. The van der Waals surface area contributed by atoms with E-state index in [1.54, 1.807) is 6.92 Å². The van der Waals surface area contributed by atoms with Crippen LogP contribution in [0.5, 0.6) is 0 Å². The van der Waals surface area contributed by atoms with Crippen molar-refractivity contribution in [2.45, 2.75) is 37.2 Å². The number of anilines is 1. The fourth-order valence-corrected chi connectivity index (χ4v) is 3.43. The van der Waals surface area contributed by atoms with Crippen molar-refractivity contribution in [1.29, 1.82) is 0 Å². The maximum atomic E-state index is 12.5. The van der Waals surface area contributed by atoms with Crippen LogP contribution in [0.4, 0.5) is 5.69 Å². The van der Waals surface area contributed by atoms with Crippen molar-refractivity contribution in [2.75, 3.05) is 4.72 Å². The van der Waals surface area contributed by atoms with Gasteiger partial charge in [-0.15, -0.1) is 0 Å². The summed E-state index contributed by atoms with van der Waals surface area (Å²) >= 11 is 0. The van der Waals surface area contributed by atoms with Gasteiger partial charge in [0.1, 0.15) is 11.2 Å². The van der Waals surface area contributed by atoms with Crippen LogP contribution >= 0.6 is 0 Å². The molecule has 0 radical (unpaired) electrons. The van der Waals surface area contributed by atoms with Crippen LogP contribution in [0.3, 0.4) is 0 Å². The van der Waals surface area contributed by atoms with Gasteiger partial charge in [0, 0.05) is 12.6 Å². The molecule has 3 rings (SSSR count). The number of sulfonamides is 1. The van der Waals surface area contributed by atoms with Crippen molar-refractivity contribution < 1.29 is 8.42 Å². The third-order valence-electron chi connectivity index (χ3n) is 3.18. The topological polar surface area (TPSA) is 113 Å². The van der Waals surface area contributed by atoms with Gasteiger partial charge < -0.3 is 5.32 Å². The summed E-state index contributed by atoms with van der Waals surface area (Å²) in [6.45, 7) is 2.11. The van der Waals surface area contributed by atoms with E-state index in [0.29, 0.717) is 29.7 Å². The quantitative estimate of drug-likeness (QED) is 0.719. The molecule has 2 aromatic rings. The number of aryl methyl sites for hydroxylation is 1. The normalized spacial score (nSPS) is 15.1. The van der Waals surface area contributed by atoms with Crippen molar-refractivity contribution in [3.05, 3.63) is 30.1 Å². The van der Waals surface area contributed by atoms with Gasteiger partial charge in [-0.05, 0) is 19.8 Å². The number of aromatic nitrogens is 4. The Morgan fingerprint density at radius 2 is 2.05 bits per heavy atom. The molecule has 2 aromatic heterocycles. The third kappa shape index (κ3) is 3.19. The highest BCUT2D eigenvalue weighted by atomic mass is 32.2. The number of hydrogen-bond donors (Lipinski definition) is 3. The number of nitrogens with one attached hydrogen (secondary N) is 3. The van der Waals surface area contributed by atoms with Gasteiger partial charge >= 0.3 is 0 Å². The highest BCUT2D eigenvalue weighted by molar-refractivity contribution is 7.92. The molecule has 0 bridgehead atoms. The van der Waals surface area contributed by atoms with E-state index in [4.69, 9.17) is 0 Å². The van der Waals surface area contributed by atoms with Crippen LogP contribution in [-0.4, -0.2) is 34.6 Å². The molecule has 8 nitrogen and oxygen atoms in total. The lowest BCUT2D eigenvalue weighted by atomic mass is 10.3. The molecule has 112 valence electrons. The first-order valence-corrected chi connectivity index (χ1v) is 8.09. The monoisotopic (exact) mass is 308 g/mol. The number of H-pyrrole nitrogens is 1. The molecule has 9 heteroatoms. The summed E-state index contributed by atoms with van der Waals surface area (Å²) < 4.78 is 27.5. The molecule has 1 aliphatic rings. The number of hydrogen-bond acceptors (Lipinski definition) is 6. The van der Waals surface area contributed by atoms with E-state index in [1.165, 1.54) is 18.7 Å².